The first-order valence-electron chi connectivity index (χ1n) is 6.82. The fourth-order valence-electron chi connectivity index (χ4n) is 2.62. The van der Waals surface area contributed by atoms with Crippen LogP contribution < -0.4 is 0 Å². The van der Waals surface area contributed by atoms with Gasteiger partial charge >= 0.3 is 5.97 Å². The molecule has 1 amide bonds. The molecule has 1 saturated heterocycles. The molecule has 1 unspecified atom stereocenters. The third-order valence-corrected chi connectivity index (χ3v) is 3.64. The lowest BCUT2D eigenvalue weighted by molar-refractivity contribution is -0.148. The van der Waals surface area contributed by atoms with Crippen LogP contribution in [0.5, 0.6) is 5.75 Å². The number of likely N-dealkylation sites (tertiary alicyclic amines) is 1. The first kappa shape index (κ1) is 15.7. The minimum atomic E-state index is -1.10. The summed E-state index contributed by atoms with van der Waals surface area (Å²) in [5.74, 6) is -1.46. The number of carboxylic acids is 1. The quantitative estimate of drug-likeness (QED) is 0.469. The first-order valence-corrected chi connectivity index (χ1v) is 6.82. The maximum atomic E-state index is 12.0. The summed E-state index contributed by atoms with van der Waals surface area (Å²) in [5.41, 5.74) is 8.96. The number of carboxylic acid groups (broad SMARTS) is 1. The lowest BCUT2D eigenvalue weighted by Gasteiger charge is -2.24. The zero-order chi connectivity index (χ0) is 16.1. The van der Waals surface area contributed by atoms with E-state index < -0.39 is 12.0 Å². The van der Waals surface area contributed by atoms with Crippen LogP contribution in [0, 0.1) is 5.92 Å². The van der Waals surface area contributed by atoms with Crippen LogP contribution in [0.15, 0.2) is 29.4 Å². The molecule has 8 nitrogen and oxygen atoms in total. The summed E-state index contributed by atoms with van der Waals surface area (Å²) in [4.78, 5) is 27.5. The highest BCUT2D eigenvalue weighted by molar-refractivity contribution is 5.85. The van der Waals surface area contributed by atoms with E-state index in [1.165, 1.54) is 17.0 Å². The van der Waals surface area contributed by atoms with Gasteiger partial charge in [-0.15, -0.1) is 0 Å². The monoisotopic (exact) mass is 304 g/mol. The van der Waals surface area contributed by atoms with E-state index >= 15 is 0 Å². The molecule has 1 aromatic rings. The van der Waals surface area contributed by atoms with Crippen LogP contribution in [-0.2, 0) is 16.0 Å². The standard InChI is InChI=1S/C14H16N4O4/c15-17-16-7-10-6-13(20)18(8-10)12(14(21)22)5-9-2-1-3-11(19)4-9/h1-4,10,12,19H,5-8H2,(H,21,22)/t10?,12-/m0/s1. The molecule has 0 radical (unpaired) electrons. The van der Waals surface area contributed by atoms with Crippen molar-refractivity contribution in [1.82, 2.24) is 4.90 Å². The number of carbonyl (C=O) groups excluding carboxylic acids is 1. The lowest BCUT2D eigenvalue weighted by Crippen LogP contribution is -2.43. The first-order chi connectivity index (χ1) is 10.5. The number of aromatic hydroxyl groups is 1. The van der Waals surface area contributed by atoms with Gasteiger partial charge in [0.1, 0.15) is 11.8 Å². The minimum absolute atomic E-state index is 0.0515. The number of benzene rings is 1. The molecular formula is C14H16N4O4. The van der Waals surface area contributed by atoms with Gasteiger partial charge in [-0.05, 0) is 29.1 Å². The average Bonchev–Trinajstić information content (AvgIpc) is 2.83. The molecule has 1 aliphatic rings. The molecule has 22 heavy (non-hydrogen) atoms. The summed E-state index contributed by atoms with van der Waals surface area (Å²) in [6, 6.07) is 5.31. The van der Waals surface area contributed by atoms with Gasteiger partial charge in [0, 0.05) is 30.8 Å². The number of aliphatic carboxylic acids is 1. The van der Waals surface area contributed by atoms with Crippen LogP contribution in [-0.4, -0.2) is 46.1 Å². The molecule has 0 spiro atoms. The Balaban J connectivity index is 2.12. The maximum Gasteiger partial charge on any atom is 0.326 e. The normalized spacial score (nSPS) is 18.8. The highest BCUT2D eigenvalue weighted by atomic mass is 16.4. The van der Waals surface area contributed by atoms with E-state index in [4.69, 9.17) is 5.53 Å². The molecule has 0 saturated carbocycles. The lowest BCUT2D eigenvalue weighted by atomic mass is 10.0. The van der Waals surface area contributed by atoms with Crippen molar-refractivity contribution < 1.29 is 19.8 Å². The summed E-state index contributed by atoms with van der Waals surface area (Å²) >= 11 is 0. The van der Waals surface area contributed by atoms with Gasteiger partial charge in [-0.2, -0.15) is 0 Å². The van der Waals surface area contributed by atoms with Crippen molar-refractivity contribution in [3.05, 3.63) is 40.3 Å². The van der Waals surface area contributed by atoms with Crippen molar-refractivity contribution in [1.29, 1.82) is 0 Å². The fraction of sp³-hybridized carbons (Fsp3) is 0.429. The molecule has 2 rings (SSSR count). The molecule has 0 aliphatic carbocycles. The third-order valence-electron chi connectivity index (χ3n) is 3.64. The van der Waals surface area contributed by atoms with Gasteiger partial charge in [0.2, 0.25) is 5.91 Å². The van der Waals surface area contributed by atoms with E-state index in [1.807, 2.05) is 0 Å². The third kappa shape index (κ3) is 3.67. The second-order valence-corrected chi connectivity index (χ2v) is 5.26. The predicted molar refractivity (Wildman–Crippen MR) is 77.1 cm³/mol. The molecule has 116 valence electrons. The Morgan fingerprint density at radius 2 is 2.32 bits per heavy atom. The van der Waals surface area contributed by atoms with Gasteiger partial charge in [-0.3, -0.25) is 4.79 Å². The van der Waals surface area contributed by atoms with Gasteiger partial charge in [0.25, 0.3) is 0 Å². The van der Waals surface area contributed by atoms with Crippen molar-refractivity contribution in [2.24, 2.45) is 11.0 Å². The highest BCUT2D eigenvalue weighted by Crippen LogP contribution is 2.23. The second kappa shape index (κ2) is 6.82. The highest BCUT2D eigenvalue weighted by Gasteiger charge is 2.37. The Labute approximate surface area is 126 Å². The van der Waals surface area contributed by atoms with Crippen molar-refractivity contribution in [3.63, 3.8) is 0 Å². The van der Waals surface area contributed by atoms with Gasteiger partial charge in [-0.1, -0.05) is 17.2 Å². The van der Waals surface area contributed by atoms with Crippen LogP contribution in [0.4, 0.5) is 0 Å². The van der Waals surface area contributed by atoms with Crippen LogP contribution in [0.3, 0.4) is 0 Å². The zero-order valence-corrected chi connectivity index (χ0v) is 11.8. The molecule has 2 N–H and O–H groups in total. The Morgan fingerprint density at radius 1 is 1.55 bits per heavy atom. The number of amides is 1. The number of nitrogens with zero attached hydrogens (tertiary/aromatic N) is 4. The van der Waals surface area contributed by atoms with Gasteiger partial charge in [0.15, 0.2) is 0 Å². The molecule has 0 bridgehead atoms. The zero-order valence-electron chi connectivity index (χ0n) is 11.8. The molecule has 2 atom stereocenters. The maximum absolute atomic E-state index is 12.0. The number of phenolic OH excluding ortho intramolecular Hbond substituents is 1. The summed E-state index contributed by atoms with van der Waals surface area (Å²) < 4.78 is 0. The van der Waals surface area contributed by atoms with E-state index in [9.17, 15) is 19.8 Å². The molecule has 1 aromatic carbocycles. The molecule has 1 aliphatic heterocycles. The number of rotatable bonds is 6. The van der Waals surface area contributed by atoms with Crippen molar-refractivity contribution in [2.45, 2.75) is 18.9 Å². The Bertz CT molecular complexity index is 627. The van der Waals surface area contributed by atoms with Crippen molar-refractivity contribution >= 4 is 11.9 Å². The molecule has 1 fully saturated rings. The molecule has 0 aromatic heterocycles. The largest absolute Gasteiger partial charge is 0.508 e. The van der Waals surface area contributed by atoms with E-state index in [0.29, 0.717) is 5.56 Å². The minimum Gasteiger partial charge on any atom is -0.508 e. The Hall–Kier alpha value is -2.73. The fourth-order valence-corrected chi connectivity index (χ4v) is 2.62. The van der Waals surface area contributed by atoms with E-state index in [-0.39, 0.29) is 43.5 Å². The summed E-state index contributed by atoms with van der Waals surface area (Å²) in [6.45, 7) is 0.435. The van der Waals surface area contributed by atoms with E-state index in [1.54, 1.807) is 12.1 Å². The van der Waals surface area contributed by atoms with Crippen molar-refractivity contribution in [2.75, 3.05) is 13.1 Å². The van der Waals surface area contributed by atoms with Crippen LogP contribution >= 0.6 is 0 Å². The summed E-state index contributed by atoms with van der Waals surface area (Å²) in [6.07, 6.45) is 0.298. The predicted octanol–water partition coefficient (Wildman–Crippen LogP) is 1.55. The number of carbonyl (C=O) groups is 2. The topological polar surface area (TPSA) is 127 Å². The smallest absolute Gasteiger partial charge is 0.326 e. The summed E-state index contributed by atoms with van der Waals surface area (Å²) in [7, 11) is 0. The number of hydrogen-bond acceptors (Lipinski definition) is 4. The Morgan fingerprint density at radius 3 is 2.95 bits per heavy atom. The van der Waals surface area contributed by atoms with Crippen LogP contribution in [0.2, 0.25) is 0 Å². The van der Waals surface area contributed by atoms with E-state index in [2.05, 4.69) is 10.0 Å². The molecule has 8 heteroatoms. The van der Waals surface area contributed by atoms with Crippen LogP contribution in [0.1, 0.15) is 12.0 Å². The Kier molecular flexibility index (Phi) is 4.85. The van der Waals surface area contributed by atoms with E-state index in [0.717, 1.165) is 0 Å². The number of hydrogen-bond donors (Lipinski definition) is 2. The van der Waals surface area contributed by atoms with Gasteiger partial charge < -0.3 is 15.1 Å². The van der Waals surface area contributed by atoms with Gasteiger partial charge in [0.05, 0.1) is 0 Å². The number of azide groups is 1. The van der Waals surface area contributed by atoms with Crippen LogP contribution in [0.25, 0.3) is 10.4 Å². The van der Waals surface area contributed by atoms with Crippen molar-refractivity contribution in [3.8, 4) is 5.75 Å². The molecule has 1 heterocycles. The average molecular weight is 304 g/mol. The molecular weight excluding hydrogens is 288 g/mol. The van der Waals surface area contributed by atoms with Gasteiger partial charge in [-0.25, -0.2) is 4.79 Å². The second-order valence-electron chi connectivity index (χ2n) is 5.26. The number of phenols is 1. The SMILES string of the molecule is [N-]=[N+]=NCC1CC(=O)N([C@@H](Cc2cccc(O)c2)C(=O)O)C1. The summed E-state index contributed by atoms with van der Waals surface area (Å²) in [5, 5.41) is 22.3.